The van der Waals surface area contributed by atoms with Gasteiger partial charge in [-0.1, -0.05) is 32.0 Å². The summed E-state index contributed by atoms with van der Waals surface area (Å²) in [4.78, 5) is 15.0. The number of benzene rings is 1. The molecule has 0 radical (unpaired) electrons. The summed E-state index contributed by atoms with van der Waals surface area (Å²) in [6.45, 7) is 10.8. The second-order valence-corrected chi connectivity index (χ2v) is 6.47. The van der Waals surface area contributed by atoms with Crippen molar-refractivity contribution in [2.45, 2.75) is 33.2 Å². The zero-order chi connectivity index (χ0) is 16.7. The van der Waals surface area contributed by atoms with Crippen LogP contribution in [0.2, 0.25) is 0 Å². The number of nitrogens with zero attached hydrogens (tertiary/aromatic N) is 2. The summed E-state index contributed by atoms with van der Waals surface area (Å²) in [6, 6.07) is 9.76. The van der Waals surface area contributed by atoms with Gasteiger partial charge in [-0.15, -0.1) is 0 Å². The van der Waals surface area contributed by atoms with Crippen molar-refractivity contribution in [2.75, 3.05) is 37.6 Å². The highest BCUT2D eigenvalue weighted by Gasteiger charge is 2.27. The largest absolute Gasteiger partial charge is 0.314 e. The highest BCUT2D eigenvalue weighted by atomic mass is 16.2. The molecule has 1 aliphatic heterocycles. The van der Waals surface area contributed by atoms with Crippen LogP contribution in [-0.4, -0.2) is 49.7 Å². The van der Waals surface area contributed by atoms with Crippen molar-refractivity contribution in [3.8, 4) is 0 Å². The van der Waals surface area contributed by atoms with E-state index in [1.807, 2.05) is 42.2 Å². The molecule has 1 amide bonds. The van der Waals surface area contributed by atoms with Crippen molar-refractivity contribution in [3.05, 3.63) is 30.3 Å². The molecular weight excluding hydrogens is 288 g/mol. The second kappa shape index (κ2) is 9.01. The van der Waals surface area contributed by atoms with Crippen LogP contribution in [0.3, 0.4) is 0 Å². The van der Waals surface area contributed by atoms with Crippen molar-refractivity contribution in [1.82, 2.24) is 15.8 Å². The molecule has 0 unspecified atom stereocenters. The zero-order valence-corrected chi connectivity index (χ0v) is 14.6. The lowest BCUT2D eigenvalue weighted by Gasteiger charge is -2.34. The maximum absolute atomic E-state index is 13.1. The molecule has 23 heavy (non-hydrogen) atoms. The van der Waals surface area contributed by atoms with E-state index in [9.17, 15) is 4.79 Å². The maximum atomic E-state index is 13.1. The molecule has 1 aromatic rings. The van der Waals surface area contributed by atoms with Crippen molar-refractivity contribution in [2.24, 2.45) is 5.92 Å². The Morgan fingerprint density at radius 1 is 1.26 bits per heavy atom. The minimum atomic E-state index is -0.173. The van der Waals surface area contributed by atoms with Crippen LogP contribution in [0, 0.1) is 5.92 Å². The molecule has 1 atom stereocenters. The fourth-order valence-corrected chi connectivity index (χ4v) is 2.96. The van der Waals surface area contributed by atoms with Crippen molar-refractivity contribution < 1.29 is 4.79 Å². The van der Waals surface area contributed by atoms with Gasteiger partial charge in [-0.2, -0.15) is 0 Å². The maximum Gasteiger partial charge on any atom is 0.245 e. The average Bonchev–Trinajstić information content (AvgIpc) is 2.56. The molecule has 0 saturated carbocycles. The molecule has 5 nitrogen and oxygen atoms in total. The van der Waals surface area contributed by atoms with Crippen LogP contribution in [0.5, 0.6) is 0 Å². The lowest BCUT2D eigenvalue weighted by atomic mass is 10.0. The number of nitrogens with one attached hydrogen (secondary N) is 2. The van der Waals surface area contributed by atoms with Gasteiger partial charge in [0.2, 0.25) is 5.91 Å². The van der Waals surface area contributed by atoms with Gasteiger partial charge in [0.1, 0.15) is 6.04 Å². The van der Waals surface area contributed by atoms with Crippen LogP contribution in [0.15, 0.2) is 30.3 Å². The Labute approximate surface area is 140 Å². The Hall–Kier alpha value is -1.43. The number of rotatable bonds is 7. The van der Waals surface area contributed by atoms with Gasteiger partial charge in [0.15, 0.2) is 0 Å². The monoisotopic (exact) mass is 318 g/mol. The number of piperazine rings is 1. The van der Waals surface area contributed by atoms with Crippen LogP contribution in [-0.2, 0) is 4.79 Å². The highest BCUT2D eigenvalue weighted by molar-refractivity contribution is 5.97. The van der Waals surface area contributed by atoms with Gasteiger partial charge in [0, 0.05) is 38.4 Å². The Morgan fingerprint density at radius 3 is 2.48 bits per heavy atom. The van der Waals surface area contributed by atoms with E-state index < -0.39 is 0 Å². The van der Waals surface area contributed by atoms with E-state index in [1.54, 1.807) is 0 Å². The average molecular weight is 318 g/mol. The summed E-state index contributed by atoms with van der Waals surface area (Å²) in [7, 11) is 0. The predicted molar refractivity (Wildman–Crippen MR) is 95.3 cm³/mol. The summed E-state index contributed by atoms with van der Waals surface area (Å²) in [5.74, 6) is 0.625. The van der Waals surface area contributed by atoms with Crippen LogP contribution < -0.4 is 15.6 Å². The first-order valence-electron chi connectivity index (χ1n) is 8.70. The Morgan fingerprint density at radius 2 is 1.91 bits per heavy atom. The third-order valence-electron chi connectivity index (χ3n) is 4.11. The molecule has 2 N–H and O–H groups in total. The van der Waals surface area contributed by atoms with Crippen molar-refractivity contribution >= 4 is 11.6 Å². The molecular formula is C18H30N4O. The molecule has 0 aliphatic carbocycles. The van der Waals surface area contributed by atoms with E-state index in [0.29, 0.717) is 12.5 Å². The molecule has 1 fully saturated rings. The molecule has 0 bridgehead atoms. The molecule has 1 aliphatic rings. The Kier molecular flexibility index (Phi) is 7.02. The van der Waals surface area contributed by atoms with Gasteiger partial charge in [-0.25, -0.2) is 10.4 Å². The van der Waals surface area contributed by atoms with Gasteiger partial charge in [-0.3, -0.25) is 4.79 Å². The third kappa shape index (κ3) is 5.30. The topological polar surface area (TPSA) is 47.6 Å². The minimum Gasteiger partial charge on any atom is -0.314 e. The molecule has 1 saturated heterocycles. The lowest BCUT2D eigenvalue weighted by Crippen LogP contribution is -2.58. The number of hydrogen-bond acceptors (Lipinski definition) is 4. The fraction of sp³-hybridized carbons (Fsp3) is 0.611. The normalized spacial score (nSPS) is 17.2. The highest BCUT2D eigenvalue weighted by Crippen LogP contribution is 2.17. The molecule has 2 rings (SSSR count). The van der Waals surface area contributed by atoms with E-state index in [-0.39, 0.29) is 11.9 Å². The quantitative estimate of drug-likeness (QED) is 0.806. The number of hydrazine groups is 1. The predicted octanol–water partition coefficient (Wildman–Crippen LogP) is 1.86. The van der Waals surface area contributed by atoms with Gasteiger partial charge in [-0.05, 0) is 31.4 Å². The number of carbonyl (C=O) groups is 1. The van der Waals surface area contributed by atoms with Gasteiger partial charge < -0.3 is 10.2 Å². The van der Waals surface area contributed by atoms with E-state index in [4.69, 9.17) is 0 Å². The molecule has 0 aromatic heterocycles. The van der Waals surface area contributed by atoms with Crippen LogP contribution in [0.1, 0.15) is 27.2 Å². The molecule has 0 spiro atoms. The number of carbonyl (C=O) groups excluding carboxylic acids is 1. The number of likely N-dealkylation sites (N-methyl/N-ethyl adjacent to an activating group) is 1. The Bertz CT molecular complexity index is 471. The van der Waals surface area contributed by atoms with E-state index in [0.717, 1.165) is 38.3 Å². The SMILES string of the molecule is CCN(C(=O)[C@H](CC(C)C)NN1CCNCC1)c1ccccc1. The van der Waals surface area contributed by atoms with Crippen LogP contribution in [0.25, 0.3) is 0 Å². The summed E-state index contributed by atoms with van der Waals surface area (Å²) in [5.41, 5.74) is 4.44. The Balaban J connectivity index is 2.10. The first kappa shape index (κ1) is 17.9. The van der Waals surface area contributed by atoms with Gasteiger partial charge in [0.05, 0.1) is 0 Å². The standard InChI is InChI=1S/C18H30N4O/c1-4-22(16-8-6-5-7-9-16)18(23)17(14-15(2)3)20-21-12-10-19-11-13-21/h5-9,15,17,19-20H,4,10-14H2,1-3H3/t17-/m0/s1. The third-order valence-corrected chi connectivity index (χ3v) is 4.11. The van der Waals surface area contributed by atoms with E-state index >= 15 is 0 Å². The molecule has 5 heteroatoms. The first-order chi connectivity index (χ1) is 11.1. The zero-order valence-electron chi connectivity index (χ0n) is 14.6. The summed E-state index contributed by atoms with van der Waals surface area (Å²) >= 11 is 0. The van der Waals surface area contributed by atoms with E-state index in [2.05, 4.69) is 29.6 Å². The smallest absolute Gasteiger partial charge is 0.245 e. The fourth-order valence-electron chi connectivity index (χ4n) is 2.96. The van der Waals surface area contributed by atoms with Gasteiger partial charge >= 0.3 is 0 Å². The number of amides is 1. The number of anilines is 1. The number of para-hydroxylation sites is 1. The van der Waals surface area contributed by atoms with E-state index in [1.165, 1.54) is 0 Å². The lowest BCUT2D eigenvalue weighted by molar-refractivity contribution is -0.122. The van der Waals surface area contributed by atoms with Crippen LogP contribution >= 0.6 is 0 Å². The van der Waals surface area contributed by atoms with Crippen molar-refractivity contribution in [3.63, 3.8) is 0 Å². The molecule has 1 heterocycles. The molecule has 1 aromatic carbocycles. The van der Waals surface area contributed by atoms with Crippen molar-refractivity contribution in [1.29, 1.82) is 0 Å². The second-order valence-electron chi connectivity index (χ2n) is 6.47. The number of hydrogen-bond donors (Lipinski definition) is 2. The summed E-state index contributed by atoms with van der Waals surface area (Å²) in [5, 5.41) is 5.52. The van der Waals surface area contributed by atoms with Crippen LogP contribution in [0.4, 0.5) is 5.69 Å². The van der Waals surface area contributed by atoms with Gasteiger partial charge in [0.25, 0.3) is 0 Å². The minimum absolute atomic E-state index is 0.158. The summed E-state index contributed by atoms with van der Waals surface area (Å²) in [6.07, 6.45) is 0.839. The first-order valence-corrected chi connectivity index (χ1v) is 8.70. The summed E-state index contributed by atoms with van der Waals surface area (Å²) < 4.78 is 0. The molecule has 128 valence electrons.